The molecule has 0 aromatic rings. The maximum atomic E-state index is 10.1. The maximum Gasteiger partial charge on any atom is 0.0580 e. The Labute approximate surface area is 119 Å². The maximum absolute atomic E-state index is 10.1. The van der Waals surface area contributed by atoms with E-state index in [1.807, 2.05) is 0 Å². The summed E-state index contributed by atoms with van der Waals surface area (Å²) in [5, 5.41) is 13.9. The van der Waals surface area contributed by atoms with Gasteiger partial charge < -0.3 is 10.4 Å². The van der Waals surface area contributed by atoms with Crippen molar-refractivity contribution in [1.82, 2.24) is 5.32 Å². The molecule has 0 spiro atoms. The molecule has 4 unspecified atom stereocenters. The van der Waals surface area contributed by atoms with Gasteiger partial charge in [0.25, 0.3) is 0 Å². The van der Waals surface area contributed by atoms with Crippen LogP contribution in [0.3, 0.4) is 0 Å². The van der Waals surface area contributed by atoms with Crippen LogP contribution in [0.25, 0.3) is 0 Å². The Morgan fingerprint density at radius 1 is 0.947 bits per heavy atom. The lowest BCUT2D eigenvalue weighted by atomic mass is 9.69. The minimum Gasteiger partial charge on any atom is -0.393 e. The molecule has 2 saturated carbocycles. The lowest BCUT2D eigenvalue weighted by Crippen LogP contribution is -2.47. The number of hydrogen-bond acceptors (Lipinski definition) is 2. The third-order valence-corrected chi connectivity index (χ3v) is 5.39. The molecule has 0 aromatic heterocycles. The van der Waals surface area contributed by atoms with Crippen molar-refractivity contribution in [2.24, 2.45) is 17.3 Å². The lowest BCUT2D eigenvalue weighted by Gasteiger charge is -2.42. The SMILES string of the molecule is CC(C)(C)C1CCCCC1NCC1CCCCC1O. The smallest absolute Gasteiger partial charge is 0.0580 e. The van der Waals surface area contributed by atoms with Gasteiger partial charge in [-0.05, 0) is 42.9 Å². The van der Waals surface area contributed by atoms with Gasteiger partial charge in [-0.15, -0.1) is 0 Å². The van der Waals surface area contributed by atoms with E-state index in [2.05, 4.69) is 26.1 Å². The summed E-state index contributed by atoms with van der Waals surface area (Å²) >= 11 is 0. The Hall–Kier alpha value is -0.0800. The second kappa shape index (κ2) is 6.58. The molecule has 19 heavy (non-hydrogen) atoms. The molecule has 2 fully saturated rings. The minimum absolute atomic E-state index is 0.0575. The van der Waals surface area contributed by atoms with Crippen LogP contribution < -0.4 is 5.32 Å². The molecule has 0 amide bonds. The average molecular weight is 267 g/mol. The van der Waals surface area contributed by atoms with Crippen LogP contribution in [-0.4, -0.2) is 23.8 Å². The second-order valence-corrected chi connectivity index (χ2v) is 7.88. The zero-order valence-corrected chi connectivity index (χ0v) is 13.1. The van der Waals surface area contributed by atoms with Gasteiger partial charge >= 0.3 is 0 Å². The van der Waals surface area contributed by atoms with Gasteiger partial charge in [0.05, 0.1) is 6.10 Å². The highest BCUT2D eigenvalue weighted by molar-refractivity contribution is 4.89. The number of nitrogens with one attached hydrogen (secondary N) is 1. The largest absolute Gasteiger partial charge is 0.393 e. The van der Waals surface area contributed by atoms with Gasteiger partial charge in [0, 0.05) is 12.6 Å². The summed E-state index contributed by atoms with van der Waals surface area (Å²) in [4.78, 5) is 0. The normalized spacial score (nSPS) is 37.3. The Balaban J connectivity index is 1.85. The summed E-state index contributed by atoms with van der Waals surface area (Å²) in [6.45, 7) is 8.17. The topological polar surface area (TPSA) is 32.3 Å². The molecule has 2 heteroatoms. The summed E-state index contributed by atoms with van der Waals surface area (Å²) in [5.74, 6) is 1.29. The van der Waals surface area contributed by atoms with Gasteiger partial charge in [0.15, 0.2) is 0 Å². The van der Waals surface area contributed by atoms with Crippen LogP contribution in [0.1, 0.15) is 72.1 Å². The summed E-state index contributed by atoms with van der Waals surface area (Å²) in [7, 11) is 0. The van der Waals surface area contributed by atoms with E-state index in [-0.39, 0.29) is 6.10 Å². The summed E-state index contributed by atoms with van der Waals surface area (Å²) < 4.78 is 0. The highest BCUT2D eigenvalue weighted by atomic mass is 16.3. The number of hydrogen-bond donors (Lipinski definition) is 2. The summed E-state index contributed by atoms with van der Waals surface area (Å²) in [5.41, 5.74) is 0.406. The molecule has 2 aliphatic carbocycles. The first-order chi connectivity index (χ1) is 8.98. The van der Waals surface area contributed by atoms with Gasteiger partial charge in [-0.3, -0.25) is 0 Å². The van der Waals surface area contributed by atoms with Gasteiger partial charge in [0.1, 0.15) is 0 Å². The fraction of sp³-hybridized carbons (Fsp3) is 1.00. The van der Waals surface area contributed by atoms with Crippen LogP contribution in [0.4, 0.5) is 0 Å². The van der Waals surface area contributed by atoms with Crippen molar-refractivity contribution in [3.8, 4) is 0 Å². The Bertz CT molecular complexity index is 271. The third kappa shape index (κ3) is 4.19. The van der Waals surface area contributed by atoms with Crippen molar-refractivity contribution < 1.29 is 5.11 Å². The third-order valence-electron chi connectivity index (χ3n) is 5.39. The molecule has 112 valence electrons. The summed E-state index contributed by atoms with van der Waals surface area (Å²) in [6, 6.07) is 0.669. The van der Waals surface area contributed by atoms with E-state index < -0.39 is 0 Å². The standard InChI is InChI=1S/C17H33NO/c1-17(2,3)14-9-5-6-10-15(14)18-12-13-8-4-7-11-16(13)19/h13-16,18-19H,4-12H2,1-3H3. The molecule has 2 nitrogen and oxygen atoms in total. The van der Waals surface area contributed by atoms with Crippen molar-refractivity contribution >= 4 is 0 Å². The molecular weight excluding hydrogens is 234 g/mol. The van der Waals surface area contributed by atoms with E-state index in [0.717, 1.165) is 18.9 Å². The minimum atomic E-state index is -0.0575. The van der Waals surface area contributed by atoms with Crippen molar-refractivity contribution in [2.45, 2.75) is 84.3 Å². The Morgan fingerprint density at radius 2 is 1.58 bits per heavy atom. The number of rotatable bonds is 3. The van der Waals surface area contributed by atoms with Crippen LogP contribution in [0.15, 0.2) is 0 Å². The van der Waals surface area contributed by atoms with Gasteiger partial charge in [-0.2, -0.15) is 0 Å². The van der Waals surface area contributed by atoms with Crippen molar-refractivity contribution in [3.63, 3.8) is 0 Å². The molecule has 4 atom stereocenters. The van der Waals surface area contributed by atoms with Crippen LogP contribution in [0.5, 0.6) is 0 Å². The van der Waals surface area contributed by atoms with E-state index in [4.69, 9.17) is 0 Å². The van der Waals surface area contributed by atoms with Gasteiger partial charge in [-0.25, -0.2) is 0 Å². The monoisotopic (exact) mass is 267 g/mol. The quantitative estimate of drug-likeness (QED) is 0.816. The van der Waals surface area contributed by atoms with E-state index in [1.54, 1.807) is 0 Å². The fourth-order valence-electron chi connectivity index (χ4n) is 4.14. The predicted octanol–water partition coefficient (Wildman–Crippen LogP) is 3.73. The van der Waals surface area contributed by atoms with Crippen LogP contribution >= 0.6 is 0 Å². The first kappa shape index (κ1) is 15.3. The zero-order chi connectivity index (χ0) is 13.9. The Morgan fingerprint density at radius 3 is 2.26 bits per heavy atom. The van der Waals surface area contributed by atoms with Gasteiger partial charge in [0.2, 0.25) is 0 Å². The molecule has 0 saturated heterocycles. The molecule has 0 heterocycles. The molecule has 2 rings (SSSR count). The molecule has 0 radical (unpaired) electrons. The van der Waals surface area contributed by atoms with Crippen molar-refractivity contribution in [2.75, 3.05) is 6.54 Å². The average Bonchev–Trinajstić information content (AvgIpc) is 2.37. The highest BCUT2D eigenvalue weighted by Gasteiger charge is 2.34. The fourth-order valence-corrected chi connectivity index (χ4v) is 4.14. The predicted molar refractivity (Wildman–Crippen MR) is 81.2 cm³/mol. The lowest BCUT2D eigenvalue weighted by molar-refractivity contribution is 0.0597. The van der Waals surface area contributed by atoms with Crippen LogP contribution in [0.2, 0.25) is 0 Å². The molecule has 0 aromatic carbocycles. The van der Waals surface area contributed by atoms with E-state index >= 15 is 0 Å². The van der Waals surface area contributed by atoms with Crippen molar-refractivity contribution in [3.05, 3.63) is 0 Å². The Kier molecular flexibility index (Phi) is 5.30. The zero-order valence-electron chi connectivity index (χ0n) is 13.1. The molecule has 0 aliphatic heterocycles. The van der Waals surface area contributed by atoms with E-state index in [1.165, 1.54) is 44.9 Å². The second-order valence-electron chi connectivity index (χ2n) is 7.88. The van der Waals surface area contributed by atoms with Crippen LogP contribution in [0, 0.1) is 17.3 Å². The first-order valence-electron chi connectivity index (χ1n) is 8.40. The van der Waals surface area contributed by atoms with Gasteiger partial charge in [-0.1, -0.05) is 46.5 Å². The van der Waals surface area contributed by atoms with Crippen molar-refractivity contribution in [1.29, 1.82) is 0 Å². The number of aliphatic hydroxyl groups excluding tert-OH is 1. The molecule has 2 N–H and O–H groups in total. The first-order valence-corrected chi connectivity index (χ1v) is 8.40. The molecular formula is C17H33NO. The molecule has 0 bridgehead atoms. The molecule has 2 aliphatic rings. The van der Waals surface area contributed by atoms with Crippen LogP contribution in [-0.2, 0) is 0 Å². The van der Waals surface area contributed by atoms with E-state index in [9.17, 15) is 5.11 Å². The summed E-state index contributed by atoms with van der Waals surface area (Å²) in [6.07, 6.45) is 10.1. The highest BCUT2D eigenvalue weighted by Crippen LogP contribution is 2.38. The number of aliphatic hydroxyl groups is 1. The van der Waals surface area contributed by atoms with E-state index in [0.29, 0.717) is 17.4 Å².